The Labute approximate surface area is 174 Å². The Morgan fingerprint density at radius 1 is 0.867 bits per heavy atom. The van der Waals surface area contributed by atoms with Gasteiger partial charge in [0.1, 0.15) is 0 Å². The number of esters is 1. The number of benzene rings is 3. The third kappa shape index (κ3) is 3.96. The summed E-state index contributed by atoms with van der Waals surface area (Å²) in [6.45, 7) is 2.47. The van der Waals surface area contributed by atoms with Gasteiger partial charge in [-0.2, -0.15) is 0 Å². The van der Waals surface area contributed by atoms with E-state index >= 15 is 0 Å². The van der Waals surface area contributed by atoms with E-state index in [-0.39, 0.29) is 5.97 Å². The van der Waals surface area contributed by atoms with Gasteiger partial charge >= 0.3 is 11.7 Å². The van der Waals surface area contributed by atoms with Gasteiger partial charge in [-0.3, -0.25) is 4.57 Å². The Bertz CT molecular complexity index is 1190. The van der Waals surface area contributed by atoms with Crippen LogP contribution in [-0.2, 0) is 11.3 Å². The van der Waals surface area contributed by atoms with Crippen LogP contribution in [0.5, 0.6) is 0 Å². The van der Waals surface area contributed by atoms with Crippen molar-refractivity contribution in [1.82, 2.24) is 4.57 Å². The topological polar surface area (TPSA) is 61.4 Å². The minimum atomic E-state index is -0.429. The first kappa shape index (κ1) is 19.5. The van der Waals surface area contributed by atoms with Crippen molar-refractivity contribution in [2.45, 2.75) is 13.5 Å². The molecule has 3 aromatic carbocycles. The molecule has 0 spiro atoms. The van der Waals surface area contributed by atoms with E-state index in [4.69, 9.17) is 9.15 Å². The predicted molar refractivity (Wildman–Crippen MR) is 115 cm³/mol. The molecule has 4 rings (SSSR count). The third-order valence-electron chi connectivity index (χ3n) is 4.78. The predicted octanol–water partition coefficient (Wildman–Crippen LogP) is 5.00. The van der Waals surface area contributed by atoms with Crippen molar-refractivity contribution in [1.29, 1.82) is 0 Å². The van der Waals surface area contributed by atoms with Crippen molar-refractivity contribution in [3.8, 4) is 22.6 Å². The quantitative estimate of drug-likeness (QED) is 0.428. The van der Waals surface area contributed by atoms with Crippen LogP contribution in [0.2, 0.25) is 0 Å². The maximum absolute atomic E-state index is 12.8. The fourth-order valence-electron chi connectivity index (χ4n) is 3.36. The zero-order valence-corrected chi connectivity index (χ0v) is 16.6. The summed E-state index contributed by atoms with van der Waals surface area (Å²) in [5.74, 6) is -0.302. The first-order chi connectivity index (χ1) is 14.7. The van der Waals surface area contributed by atoms with Crippen molar-refractivity contribution in [2.24, 2.45) is 0 Å². The molecule has 1 heterocycles. The van der Waals surface area contributed by atoms with Crippen LogP contribution in [0, 0.1) is 0 Å². The van der Waals surface area contributed by atoms with Gasteiger partial charge in [-0.25, -0.2) is 9.59 Å². The van der Waals surface area contributed by atoms with Crippen LogP contribution in [0.3, 0.4) is 0 Å². The average Bonchev–Trinajstić information content (AvgIpc) is 3.11. The second-order valence-electron chi connectivity index (χ2n) is 6.78. The smallest absolute Gasteiger partial charge is 0.420 e. The number of nitrogens with zero attached hydrogens (tertiary/aromatic N) is 1. The van der Waals surface area contributed by atoms with Crippen molar-refractivity contribution in [3.05, 3.63) is 107 Å². The van der Waals surface area contributed by atoms with Crippen LogP contribution in [0.4, 0.5) is 0 Å². The average molecular weight is 399 g/mol. The van der Waals surface area contributed by atoms with E-state index in [9.17, 15) is 9.59 Å². The molecule has 150 valence electrons. The largest absolute Gasteiger partial charge is 0.462 e. The minimum absolute atomic E-state index is 0.317. The standard InChI is InChI=1S/C25H21NO4/c1-2-29-24(27)21-15-13-19(14-16-21)22-23(20-11-7-4-8-12-20)30-25(28)26(22)17-18-9-5-3-6-10-18/h3-16H,2,17H2,1H3. The van der Waals surface area contributed by atoms with E-state index in [0.717, 1.165) is 16.7 Å². The first-order valence-corrected chi connectivity index (χ1v) is 9.78. The van der Waals surface area contributed by atoms with E-state index in [1.54, 1.807) is 23.6 Å². The summed E-state index contributed by atoms with van der Waals surface area (Å²) in [5, 5.41) is 0. The lowest BCUT2D eigenvalue weighted by Gasteiger charge is -2.10. The Kier molecular flexibility index (Phi) is 5.61. The number of aromatic nitrogens is 1. The van der Waals surface area contributed by atoms with Crippen LogP contribution < -0.4 is 5.76 Å². The number of carbonyl (C=O) groups excluding carboxylic acids is 1. The van der Waals surface area contributed by atoms with Crippen molar-refractivity contribution >= 4 is 5.97 Å². The van der Waals surface area contributed by atoms with Gasteiger partial charge in [0.2, 0.25) is 0 Å². The number of hydrogen-bond acceptors (Lipinski definition) is 4. The molecule has 5 nitrogen and oxygen atoms in total. The molecule has 0 aliphatic rings. The summed E-state index contributed by atoms with van der Waals surface area (Å²) in [6, 6.07) is 26.3. The molecule has 0 amide bonds. The van der Waals surface area contributed by atoms with E-state index in [1.165, 1.54) is 0 Å². The normalized spacial score (nSPS) is 10.7. The van der Waals surface area contributed by atoms with Crippen LogP contribution in [-0.4, -0.2) is 17.1 Å². The van der Waals surface area contributed by atoms with Crippen LogP contribution in [0.25, 0.3) is 22.6 Å². The van der Waals surface area contributed by atoms with Gasteiger partial charge in [-0.05, 0) is 24.6 Å². The van der Waals surface area contributed by atoms with Crippen LogP contribution >= 0.6 is 0 Å². The van der Waals surface area contributed by atoms with Gasteiger partial charge in [0, 0.05) is 11.1 Å². The second kappa shape index (κ2) is 8.66. The number of rotatable bonds is 6. The van der Waals surface area contributed by atoms with Gasteiger partial charge in [0.05, 0.1) is 24.4 Å². The lowest BCUT2D eigenvalue weighted by atomic mass is 10.0. The Morgan fingerprint density at radius 2 is 1.50 bits per heavy atom. The Morgan fingerprint density at radius 3 is 2.13 bits per heavy atom. The summed E-state index contributed by atoms with van der Waals surface area (Å²) in [5.41, 5.74) is 3.71. The number of carbonyl (C=O) groups is 1. The summed E-state index contributed by atoms with van der Waals surface area (Å²) in [7, 11) is 0. The molecule has 0 radical (unpaired) electrons. The highest BCUT2D eigenvalue weighted by Gasteiger charge is 2.20. The van der Waals surface area contributed by atoms with Crippen LogP contribution in [0.15, 0.2) is 94.1 Å². The van der Waals surface area contributed by atoms with Crippen molar-refractivity contribution in [2.75, 3.05) is 6.61 Å². The molecule has 0 aliphatic carbocycles. The van der Waals surface area contributed by atoms with Gasteiger partial charge in [0.15, 0.2) is 5.76 Å². The highest BCUT2D eigenvalue weighted by atomic mass is 16.5. The number of ether oxygens (including phenoxy) is 1. The van der Waals surface area contributed by atoms with Crippen molar-refractivity contribution < 1.29 is 13.9 Å². The maximum atomic E-state index is 12.8. The van der Waals surface area contributed by atoms with E-state index < -0.39 is 5.76 Å². The van der Waals surface area contributed by atoms with Crippen molar-refractivity contribution in [3.63, 3.8) is 0 Å². The Balaban J connectivity index is 1.83. The number of oxazole rings is 1. The van der Waals surface area contributed by atoms with E-state index in [1.807, 2.05) is 72.8 Å². The first-order valence-electron chi connectivity index (χ1n) is 9.78. The summed E-state index contributed by atoms with van der Waals surface area (Å²) < 4.78 is 12.4. The lowest BCUT2D eigenvalue weighted by molar-refractivity contribution is 0.0526. The Hall–Kier alpha value is -3.86. The molecule has 0 N–H and O–H groups in total. The molecular formula is C25H21NO4. The fourth-order valence-corrected chi connectivity index (χ4v) is 3.36. The zero-order chi connectivity index (χ0) is 20.9. The van der Waals surface area contributed by atoms with E-state index in [0.29, 0.717) is 30.2 Å². The molecule has 0 fully saturated rings. The molecule has 0 aliphatic heterocycles. The molecule has 0 atom stereocenters. The zero-order valence-electron chi connectivity index (χ0n) is 16.6. The molecule has 1 aromatic heterocycles. The monoisotopic (exact) mass is 399 g/mol. The molecular weight excluding hydrogens is 378 g/mol. The molecule has 0 bridgehead atoms. The molecule has 4 aromatic rings. The van der Waals surface area contributed by atoms with Gasteiger partial charge in [-0.15, -0.1) is 0 Å². The second-order valence-corrected chi connectivity index (χ2v) is 6.78. The summed E-state index contributed by atoms with van der Waals surface area (Å²) >= 11 is 0. The third-order valence-corrected chi connectivity index (χ3v) is 4.78. The lowest BCUT2D eigenvalue weighted by Crippen LogP contribution is -2.16. The van der Waals surface area contributed by atoms with Gasteiger partial charge < -0.3 is 9.15 Å². The maximum Gasteiger partial charge on any atom is 0.420 e. The molecule has 30 heavy (non-hydrogen) atoms. The highest BCUT2D eigenvalue weighted by Crippen LogP contribution is 2.32. The summed E-state index contributed by atoms with van der Waals surface area (Å²) in [6.07, 6.45) is 0. The number of hydrogen-bond donors (Lipinski definition) is 0. The molecule has 5 heteroatoms. The van der Waals surface area contributed by atoms with E-state index in [2.05, 4.69) is 0 Å². The molecule has 0 saturated carbocycles. The molecule has 0 saturated heterocycles. The summed E-state index contributed by atoms with van der Waals surface area (Å²) in [4.78, 5) is 24.8. The van der Waals surface area contributed by atoms with Gasteiger partial charge in [0.25, 0.3) is 0 Å². The van der Waals surface area contributed by atoms with Crippen LogP contribution in [0.1, 0.15) is 22.8 Å². The SMILES string of the molecule is CCOC(=O)c1ccc(-c2c(-c3ccccc3)oc(=O)n2Cc2ccccc2)cc1. The highest BCUT2D eigenvalue weighted by molar-refractivity contribution is 5.90. The minimum Gasteiger partial charge on any atom is -0.462 e. The fraction of sp³-hybridized carbons (Fsp3) is 0.120. The van der Waals surface area contributed by atoms with Gasteiger partial charge in [-0.1, -0.05) is 72.8 Å². The molecule has 0 unspecified atom stereocenters.